The molecule has 0 radical (unpaired) electrons. The van der Waals surface area contributed by atoms with E-state index in [1.807, 2.05) is 13.8 Å². The molecule has 0 bridgehead atoms. The van der Waals surface area contributed by atoms with E-state index >= 15 is 0 Å². The molecule has 1 heterocycles. The third-order valence-electron chi connectivity index (χ3n) is 4.98. The summed E-state index contributed by atoms with van der Waals surface area (Å²) in [4.78, 5) is 38.8. The Hall–Kier alpha value is -3.16. The van der Waals surface area contributed by atoms with Crippen molar-refractivity contribution in [1.82, 2.24) is 10.3 Å². The molecule has 162 valence electrons. The molecule has 1 aromatic heterocycles. The van der Waals surface area contributed by atoms with E-state index in [0.717, 1.165) is 17.2 Å². The maximum atomic E-state index is 13.5. The summed E-state index contributed by atoms with van der Waals surface area (Å²) in [5, 5.41) is 12.1. The van der Waals surface area contributed by atoms with Gasteiger partial charge in [-0.2, -0.15) is 0 Å². The van der Waals surface area contributed by atoms with Gasteiger partial charge in [-0.25, -0.2) is 9.18 Å². The highest BCUT2D eigenvalue weighted by molar-refractivity contribution is 5.97. The minimum Gasteiger partial charge on any atom is -0.503 e. The van der Waals surface area contributed by atoms with Crippen molar-refractivity contribution in [2.75, 3.05) is 0 Å². The highest BCUT2D eigenvalue weighted by atomic mass is 19.1. The van der Waals surface area contributed by atoms with Crippen molar-refractivity contribution in [2.24, 2.45) is 5.92 Å². The van der Waals surface area contributed by atoms with Gasteiger partial charge in [0.25, 0.3) is 5.91 Å². The van der Waals surface area contributed by atoms with E-state index in [1.54, 1.807) is 19.9 Å². The first-order valence-corrected chi connectivity index (χ1v) is 9.71. The first-order chi connectivity index (χ1) is 14.0. The van der Waals surface area contributed by atoms with Crippen molar-refractivity contribution in [2.45, 2.75) is 52.7 Å². The Kier molecular flexibility index (Phi) is 7.37. The van der Waals surface area contributed by atoms with E-state index in [4.69, 9.17) is 4.74 Å². The van der Waals surface area contributed by atoms with E-state index in [1.165, 1.54) is 25.3 Å². The first-order valence-electron chi connectivity index (χ1n) is 9.71. The molecule has 0 aliphatic heterocycles. The van der Waals surface area contributed by atoms with Gasteiger partial charge in [0, 0.05) is 18.2 Å². The highest BCUT2D eigenvalue weighted by Gasteiger charge is 2.29. The largest absolute Gasteiger partial charge is 0.503 e. The van der Waals surface area contributed by atoms with Gasteiger partial charge in [0.05, 0.1) is 0 Å². The number of aryl methyl sites for hydroxylation is 1. The molecule has 0 spiro atoms. The van der Waals surface area contributed by atoms with Crippen LogP contribution in [0.2, 0.25) is 0 Å². The number of benzene rings is 1. The summed E-state index contributed by atoms with van der Waals surface area (Å²) in [6, 6.07) is 4.57. The van der Waals surface area contributed by atoms with Crippen molar-refractivity contribution in [3.05, 3.63) is 63.3 Å². The maximum absolute atomic E-state index is 13.5. The van der Waals surface area contributed by atoms with Gasteiger partial charge in [-0.15, -0.1) is 0 Å². The van der Waals surface area contributed by atoms with Gasteiger partial charge < -0.3 is 20.1 Å². The molecule has 0 fully saturated rings. The lowest BCUT2D eigenvalue weighted by Gasteiger charge is -2.30. The van der Waals surface area contributed by atoms with Crippen LogP contribution in [0.5, 0.6) is 5.75 Å². The number of hydrogen-bond acceptors (Lipinski definition) is 5. The molecule has 0 aliphatic rings. The second-order valence-electron chi connectivity index (χ2n) is 7.67. The number of aromatic hydroxyl groups is 1. The molecule has 0 saturated heterocycles. The Balaban J connectivity index is 2.11. The van der Waals surface area contributed by atoms with Gasteiger partial charge in [0.15, 0.2) is 11.4 Å². The molecule has 2 aromatic rings. The summed E-state index contributed by atoms with van der Waals surface area (Å²) in [7, 11) is 0. The number of carbonyl (C=O) groups excluding carboxylic acids is 2. The number of carbonyl (C=O) groups is 2. The van der Waals surface area contributed by atoms with E-state index in [0.29, 0.717) is 0 Å². The second kappa shape index (κ2) is 9.56. The molecular weight excluding hydrogens is 391 g/mol. The first kappa shape index (κ1) is 23.1. The molecule has 30 heavy (non-hydrogen) atoms. The van der Waals surface area contributed by atoms with Gasteiger partial charge in [-0.1, -0.05) is 19.9 Å². The second-order valence-corrected chi connectivity index (χ2v) is 7.67. The summed E-state index contributed by atoms with van der Waals surface area (Å²) in [5.74, 6) is -2.60. The molecule has 3 N–H and O–H groups in total. The van der Waals surface area contributed by atoms with E-state index in [-0.39, 0.29) is 23.3 Å². The van der Waals surface area contributed by atoms with Crippen LogP contribution in [0, 0.1) is 18.7 Å². The summed E-state index contributed by atoms with van der Waals surface area (Å²) >= 11 is 0. The van der Waals surface area contributed by atoms with Crippen LogP contribution in [0.1, 0.15) is 55.2 Å². The average molecular weight is 418 g/mol. The number of pyridine rings is 1. The number of H-pyrrole nitrogens is 1. The van der Waals surface area contributed by atoms with Crippen LogP contribution in [0.15, 0.2) is 35.3 Å². The predicted molar refractivity (Wildman–Crippen MR) is 110 cm³/mol. The molecule has 2 rings (SSSR count). The van der Waals surface area contributed by atoms with E-state index < -0.39 is 35.2 Å². The van der Waals surface area contributed by atoms with E-state index in [9.17, 15) is 23.9 Å². The van der Waals surface area contributed by atoms with Crippen molar-refractivity contribution < 1.29 is 23.8 Å². The van der Waals surface area contributed by atoms with Crippen molar-refractivity contribution in [3.63, 3.8) is 0 Å². The van der Waals surface area contributed by atoms with Gasteiger partial charge in [0.1, 0.15) is 18.0 Å². The quantitative estimate of drug-likeness (QED) is 0.599. The molecule has 0 aliphatic carbocycles. The number of aromatic amines is 1. The zero-order valence-electron chi connectivity index (χ0n) is 17.7. The van der Waals surface area contributed by atoms with Crippen molar-refractivity contribution >= 4 is 11.9 Å². The lowest BCUT2D eigenvalue weighted by molar-refractivity contribution is -0.151. The summed E-state index contributed by atoms with van der Waals surface area (Å²) < 4.78 is 19.1. The minimum atomic E-state index is -1.02. The minimum absolute atomic E-state index is 0.105. The molecule has 0 saturated carbocycles. The van der Waals surface area contributed by atoms with Crippen LogP contribution in [0.25, 0.3) is 0 Å². The topological polar surface area (TPSA) is 108 Å². The molecule has 7 nitrogen and oxygen atoms in total. The SMILES string of the molecule is Cc1cc(F)ccc1[C@H](C(C)C)[C@H](C)OC(=O)[C@H](C)NC(=O)c1[nH]ccc(=O)c1O. The summed E-state index contributed by atoms with van der Waals surface area (Å²) in [6.07, 6.45) is 0.686. The molecule has 3 atom stereocenters. The van der Waals surface area contributed by atoms with Crippen LogP contribution in [0.4, 0.5) is 4.39 Å². The number of hydrogen-bond donors (Lipinski definition) is 3. The Morgan fingerprint density at radius 1 is 1.17 bits per heavy atom. The van der Waals surface area contributed by atoms with Crippen LogP contribution in [-0.4, -0.2) is 34.1 Å². The number of amides is 1. The molecule has 0 unspecified atom stereocenters. The zero-order chi connectivity index (χ0) is 22.6. The van der Waals surface area contributed by atoms with Crippen molar-refractivity contribution in [1.29, 1.82) is 0 Å². The van der Waals surface area contributed by atoms with Gasteiger partial charge in [-0.05, 0) is 49.9 Å². The maximum Gasteiger partial charge on any atom is 0.328 e. The summed E-state index contributed by atoms with van der Waals surface area (Å²) in [6.45, 7) is 8.96. The third kappa shape index (κ3) is 5.25. The van der Waals surface area contributed by atoms with Gasteiger partial charge in [0.2, 0.25) is 5.43 Å². The number of esters is 1. The highest BCUT2D eigenvalue weighted by Crippen LogP contribution is 2.32. The van der Waals surface area contributed by atoms with Crippen molar-refractivity contribution in [3.8, 4) is 5.75 Å². The fraction of sp³-hybridized carbons (Fsp3) is 0.409. The Labute approximate surface area is 174 Å². The van der Waals surface area contributed by atoms with Crippen LogP contribution in [-0.2, 0) is 9.53 Å². The monoisotopic (exact) mass is 418 g/mol. The number of nitrogens with one attached hydrogen (secondary N) is 2. The fourth-order valence-corrected chi connectivity index (χ4v) is 3.50. The van der Waals surface area contributed by atoms with Gasteiger partial charge in [-0.3, -0.25) is 9.59 Å². The lowest BCUT2D eigenvalue weighted by Crippen LogP contribution is -2.42. The predicted octanol–water partition coefficient (Wildman–Crippen LogP) is 3.02. The van der Waals surface area contributed by atoms with Gasteiger partial charge >= 0.3 is 5.97 Å². The Morgan fingerprint density at radius 2 is 1.83 bits per heavy atom. The number of halogens is 1. The third-order valence-corrected chi connectivity index (χ3v) is 4.98. The molecule has 1 aromatic carbocycles. The number of ether oxygens (including phenoxy) is 1. The molecule has 1 amide bonds. The van der Waals surface area contributed by atoms with E-state index in [2.05, 4.69) is 10.3 Å². The lowest BCUT2D eigenvalue weighted by atomic mass is 9.82. The van der Waals surface area contributed by atoms with Crippen LogP contribution in [0.3, 0.4) is 0 Å². The number of rotatable bonds is 7. The van der Waals surface area contributed by atoms with Crippen LogP contribution < -0.4 is 10.7 Å². The normalized spacial score (nSPS) is 14.1. The Bertz CT molecular complexity index is 986. The molecule has 8 heteroatoms. The smallest absolute Gasteiger partial charge is 0.328 e. The Morgan fingerprint density at radius 3 is 2.43 bits per heavy atom. The number of aromatic nitrogens is 1. The standard InChI is InChI=1S/C22H27FN2O5/c1-11(2)18(16-7-6-15(23)10-12(16)3)14(5)30-22(29)13(4)25-21(28)19-20(27)17(26)8-9-24-19/h6-11,13-14,18,27H,1-5H3,(H,24,26)(H,25,28)/t13-,14-,18+/m0/s1. The zero-order valence-corrected chi connectivity index (χ0v) is 17.7. The molecular formula is C22H27FN2O5. The average Bonchev–Trinajstić information content (AvgIpc) is 2.65. The van der Waals surface area contributed by atoms with Crippen LogP contribution >= 0.6 is 0 Å². The summed E-state index contributed by atoms with van der Waals surface area (Å²) in [5.41, 5.74) is 0.603. The fourth-order valence-electron chi connectivity index (χ4n) is 3.50.